The third-order valence-corrected chi connectivity index (χ3v) is 14.4. The van der Waals surface area contributed by atoms with E-state index in [0.717, 1.165) is 11.5 Å². The molecule has 4 nitrogen and oxygen atoms in total. The quantitative estimate of drug-likeness (QED) is 0.0471. The number of benzene rings is 6. The smallest absolute Gasteiger partial charge is 0.416 e. The first kappa shape index (κ1) is 64.8. The van der Waals surface area contributed by atoms with Crippen LogP contribution in [0.5, 0.6) is 11.5 Å². The number of methoxy groups -OCH3 is 2. The van der Waals surface area contributed by atoms with Crippen molar-refractivity contribution < 1.29 is 146 Å². The molecule has 0 amide bonds. The van der Waals surface area contributed by atoms with Crippen molar-refractivity contribution in [3.05, 3.63) is 173 Å². The zero-order valence-electron chi connectivity index (χ0n) is 40.0. The molecule has 0 radical (unpaired) electrons. The number of rotatable bonds is 14. The summed E-state index contributed by atoms with van der Waals surface area (Å²) in [5.74, 6) is 1.87. The molecule has 6 aromatic rings. The fraction of sp³-hybridized carbons (Fsp3) is 0.280. The molecular formula is C50H34BF24IO4. The zero-order valence-corrected chi connectivity index (χ0v) is 42.2. The molecule has 0 aliphatic carbocycles. The lowest BCUT2D eigenvalue weighted by Crippen LogP contribution is -3.61. The lowest BCUT2D eigenvalue weighted by atomic mass is 9.12. The average Bonchev–Trinajstić information content (AvgIpc) is 3.33. The third-order valence-electron chi connectivity index (χ3n) is 11.4. The van der Waals surface area contributed by atoms with Crippen LogP contribution in [0.4, 0.5) is 105 Å². The second-order valence-corrected chi connectivity index (χ2v) is 19.7. The van der Waals surface area contributed by atoms with Crippen LogP contribution in [0, 0.1) is 7.14 Å². The van der Waals surface area contributed by atoms with Gasteiger partial charge in [-0.1, -0.05) is 72.8 Å². The van der Waals surface area contributed by atoms with E-state index in [4.69, 9.17) is 18.9 Å². The fourth-order valence-electron chi connectivity index (χ4n) is 7.93. The third kappa shape index (κ3) is 16.1. The molecule has 0 unspecified atom stereocenters. The molecule has 30 heteroatoms. The molecule has 0 N–H and O–H groups in total. The lowest BCUT2D eigenvalue weighted by molar-refractivity contribution is -0.599. The molecule has 0 aliphatic rings. The topological polar surface area (TPSA) is 36.9 Å². The lowest BCUT2D eigenvalue weighted by Gasteiger charge is -2.46. The van der Waals surface area contributed by atoms with Crippen LogP contribution in [0.3, 0.4) is 0 Å². The molecule has 0 atom stereocenters. The summed E-state index contributed by atoms with van der Waals surface area (Å²) in [4.78, 5) is 0. The summed E-state index contributed by atoms with van der Waals surface area (Å²) in [5, 5.41) is 0. The molecule has 0 heterocycles. The van der Waals surface area contributed by atoms with E-state index in [1.54, 1.807) is 14.2 Å². The minimum Gasteiger partial charge on any atom is -0.486 e. The van der Waals surface area contributed by atoms with Crippen LogP contribution >= 0.6 is 0 Å². The number of hydrogen-bond donors (Lipinski definition) is 0. The number of para-hydroxylation sites is 2. The minimum absolute atomic E-state index is 0.391. The van der Waals surface area contributed by atoms with Crippen LogP contribution in [-0.2, 0) is 58.9 Å². The van der Waals surface area contributed by atoms with Crippen LogP contribution in [0.25, 0.3) is 0 Å². The van der Waals surface area contributed by atoms with Gasteiger partial charge in [0.25, 0.3) is 0 Å². The summed E-state index contributed by atoms with van der Waals surface area (Å²) in [6, 6.07) is 7.56. The Morgan fingerprint density at radius 3 is 0.688 bits per heavy atom. The van der Waals surface area contributed by atoms with E-state index in [9.17, 15) is 105 Å². The van der Waals surface area contributed by atoms with Crippen LogP contribution in [0.15, 0.2) is 121 Å². The molecule has 436 valence electrons. The highest BCUT2D eigenvalue weighted by atomic mass is 127. The fourth-order valence-corrected chi connectivity index (χ4v) is 10.5. The number of halogens is 25. The van der Waals surface area contributed by atoms with E-state index in [1.165, 1.54) is 7.14 Å². The Morgan fingerprint density at radius 1 is 0.300 bits per heavy atom. The Morgan fingerprint density at radius 2 is 0.500 bits per heavy atom. The van der Waals surface area contributed by atoms with E-state index in [1.807, 2.05) is 36.4 Å². The minimum atomic E-state index is -6.13. The maximum absolute atomic E-state index is 14.2. The van der Waals surface area contributed by atoms with Gasteiger partial charge in [0.2, 0.25) is 7.14 Å². The molecule has 0 spiro atoms. The van der Waals surface area contributed by atoms with E-state index in [-0.39, 0.29) is 0 Å². The Kier molecular flexibility index (Phi) is 19.6. The first-order chi connectivity index (χ1) is 36.6. The summed E-state index contributed by atoms with van der Waals surface area (Å²) < 4.78 is 365. The van der Waals surface area contributed by atoms with E-state index >= 15 is 0 Å². The molecule has 0 fully saturated rings. The van der Waals surface area contributed by atoms with Gasteiger partial charge < -0.3 is 18.9 Å². The normalized spacial score (nSPS) is 13.2. The van der Waals surface area contributed by atoms with Crippen LogP contribution in [-0.4, -0.2) is 46.8 Å². The molecule has 80 heavy (non-hydrogen) atoms. The van der Waals surface area contributed by atoms with Gasteiger partial charge in [0, 0.05) is 14.2 Å². The predicted molar refractivity (Wildman–Crippen MR) is 235 cm³/mol. The molecule has 0 bridgehead atoms. The first-order valence-corrected chi connectivity index (χ1v) is 24.2. The van der Waals surface area contributed by atoms with E-state index in [0.29, 0.717) is 26.4 Å². The van der Waals surface area contributed by atoms with Gasteiger partial charge in [-0.15, -0.1) is 0 Å². The Hall–Kier alpha value is -6.05. The van der Waals surface area contributed by atoms with Crippen molar-refractivity contribution >= 4 is 28.0 Å². The van der Waals surface area contributed by atoms with E-state index < -0.39 is 216 Å². The molecule has 6 aromatic carbocycles. The summed E-state index contributed by atoms with van der Waals surface area (Å²) in [6.45, 7) is 2.29. The van der Waals surface area contributed by atoms with Gasteiger partial charge in [-0.3, -0.25) is 0 Å². The van der Waals surface area contributed by atoms with Gasteiger partial charge in [-0.2, -0.15) is 127 Å². The Balaban J connectivity index is 0.000000424. The van der Waals surface area contributed by atoms with Crippen molar-refractivity contribution in [3.8, 4) is 11.5 Å². The van der Waals surface area contributed by atoms with Gasteiger partial charge in [-0.25, -0.2) is 0 Å². The molecule has 0 aromatic heterocycles. The molecule has 0 aliphatic heterocycles. The molecular weight excluding hydrogens is 1260 g/mol. The molecule has 6 rings (SSSR count). The summed E-state index contributed by atoms with van der Waals surface area (Å²) in [7, 11) is 3.35. The van der Waals surface area contributed by atoms with Crippen molar-refractivity contribution in [1.29, 1.82) is 0 Å². The monoisotopic (exact) mass is 1290 g/mol. The zero-order chi connectivity index (χ0) is 60.2. The Labute approximate surface area is 446 Å². The van der Waals surface area contributed by atoms with Crippen molar-refractivity contribution in [3.63, 3.8) is 0 Å². The second-order valence-electron chi connectivity index (χ2n) is 16.9. The summed E-state index contributed by atoms with van der Waals surface area (Å²) in [6.07, 6.45) is -54.8. The molecule has 0 saturated carbocycles. The van der Waals surface area contributed by atoms with Crippen molar-refractivity contribution in [2.75, 3.05) is 40.6 Å². The average molecular weight is 1290 g/mol. The van der Waals surface area contributed by atoms with E-state index in [2.05, 4.69) is 12.1 Å². The SMILES string of the molecule is COCCOc1ccccc1[I+]c1ccccc1OCCOC.FC(F)(F)c1cc([B-](c2cc(C(F)(F)F)cc(C(F)(F)F)c2)(c2cc(C(F)(F)F)cc(C(F)(F)F)c2)c2cc(C(F)(F)F)cc(C(F)(F)F)c2)cc(C(F)(F)F)c1. The summed E-state index contributed by atoms with van der Waals surface area (Å²) in [5.41, 5.74) is -30.2. The summed E-state index contributed by atoms with van der Waals surface area (Å²) >= 11 is -0.391. The Bertz CT molecular complexity index is 2590. The highest BCUT2D eigenvalue weighted by molar-refractivity contribution is 7.20. The first-order valence-electron chi connectivity index (χ1n) is 22.0. The second kappa shape index (κ2) is 24.2. The van der Waals surface area contributed by atoms with Crippen molar-refractivity contribution in [1.82, 2.24) is 0 Å². The molecule has 0 saturated heterocycles. The van der Waals surface area contributed by atoms with Crippen molar-refractivity contribution in [2.24, 2.45) is 0 Å². The number of alkyl halides is 24. The number of ether oxygens (including phenoxy) is 4. The van der Waals surface area contributed by atoms with Gasteiger partial charge in [0.1, 0.15) is 19.4 Å². The largest absolute Gasteiger partial charge is 0.486 e. The predicted octanol–water partition coefficient (Wildman–Crippen LogP) is 11.1. The van der Waals surface area contributed by atoms with Crippen LogP contribution in [0.2, 0.25) is 0 Å². The van der Waals surface area contributed by atoms with Crippen molar-refractivity contribution in [2.45, 2.75) is 49.4 Å². The van der Waals surface area contributed by atoms with Gasteiger partial charge in [-0.05, 0) is 48.5 Å². The highest BCUT2D eigenvalue weighted by Crippen LogP contribution is 2.41. The van der Waals surface area contributed by atoms with Crippen LogP contribution in [0.1, 0.15) is 44.5 Å². The number of hydrogen-bond acceptors (Lipinski definition) is 4. The maximum atomic E-state index is 14.2. The van der Waals surface area contributed by atoms with Gasteiger partial charge >= 0.3 is 70.6 Å². The highest BCUT2D eigenvalue weighted by Gasteiger charge is 2.47. The maximum Gasteiger partial charge on any atom is 0.416 e. The standard InChI is InChI=1S/C32H12BF24.C18H22IO4/c34-25(35,36)13-1-14(26(37,38)39)6-21(5-13)33(22-7-15(27(40,41)42)2-16(8-22)28(43,44)45,23-9-17(29(46,47)48)3-18(10-23)30(49,50)51)24-11-19(31(52,53)54)4-20(12-24)32(55,56)57;1-20-11-13-22-17-9-5-3-7-15(17)19-16-8-4-6-10-18(16)23-14-12-21-2/h1-12H;3-10H,11-14H2,1-2H3/q-1;+1. The van der Waals surface area contributed by atoms with Gasteiger partial charge in [0.05, 0.1) is 57.7 Å². The van der Waals surface area contributed by atoms with Gasteiger partial charge in [0.15, 0.2) is 11.5 Å². The van der Waals surface area contributed by atoms with Crippen LogP contribution < -0.4 is 52.5 Å².